The molecule has 1 saturated heterocycles. The van der Waals surface area contributed by atoms with Gasteiger partial charge in [-0.2, -0.15) is 0 Å². The van der Waals surface area contributed by atoms with E-state index in [0.29, 0.717) is 11.3 Å². The van der Waals surface area contributed by atoms with Crippen LogP contribution in [-0.2, 0) is 10.0 Å². The van der Waals surface area contributed by atoms with E-state index in [4.69, 9.17) is 0 Å². The number of sulfonamides is 1. The summed E-state index contributed by atoms with van der Waals surface area (Å²) < 4.78 is 26.8. The minimum Gasteiger partial charge on any atom is -0.339 e. The van der Waals surface area contributed by atoms with Gasteiger partial charge in [0.05, 0.1) is 5.41 Å². The zero-order valence-corrected chi connectivity index (χ0v) is 15.3. The Bertz CT molecular complexity index is 869. The Morgan fingerprint density at radius 2 is 1.58 bits per heavy atom. The molecular weight excluding hydrogens is 348 g/mol. The molecule has 2 aromatic carbocycles. The topological polar surface area (TPSA) is 66.5 Å². The Hall–Kier alpha value is -2.60. The lowest BCUT2D eigenvalue weighted by Gasteiger charge is -2.26. The lowest BCUT2D eigenvalue weighted by molar-refractivity contribution is 0.0724. The van der Waals surface area contributed by atoms with Crippen LogP contribution in [0.3, 0.4) is 0 Å². The fourth-order valence-electron chi connectivity index (χ4n) is 2.89. The number of hydrogen-bond acceptors (Lipinski definition) is 3. The molecule has 6 heteroatoms. The van der Waals surface area contributed by atoms with Gasteiger partial charge in [-0.15, -0.1) is 0 Å². The summed E-state index contributed by atoms with van der Waals surface area (Å²) in [7, 11) is -3.61. The number of likely N-dealkylation sites (tertiary alicyclic amines) is 1. The molecule has 1 aliphatic rings. The minimum atomic E-state index is -3.61. The molecular formula is C20H22N2O3S. The van der Waals surface area contributed by atoms with Gasteiger partial charge in [-0.25, -0.2) is 8.42 Å². The molecule has 0 unspecified atom stereocenters. The molecule has 5 nitrogen and oxygen atoms in total. The number of benzene rings is 2. The van der Waals surface area contributed by atoms with Crippen molar-refractivity contribution in [2.45, 2.75) is 19.3 Å². The maximum absolute atomic E-state index is 12.4. The predicted octanol–water partition coefficient (Wildman–Crippen LogP) is 3.73. The van der Waals surface area contributed by atoms with Crippen LogP contribution in [0.5, 0.6) is 0 Å². The second kappa shape index (κ2) is 8.19. The Labute approximate surface area is 154 Å². The summed E-state index contributed by atoms with van der Waals surface area (Å²) in [6.45, 7) is 1.58. The van der Waals surface area contributed by atoms with Gasteiger partial charge in [0, 0.05) is 24.3 Å². The van der Waals surface area contributed by atoms with Crippen molar-refractivity contribution in [2.75, 3.05) is 17.8 Å². The van der Waals surface area contributed by atoms with Crippen LogP contribution in [0.4, 0.5) is 5.69 Å². The molecule has 0 atom stereocenters. The van der Waals surface area contributed by atoms with Crippen LogP contribution >= 0.6 is 0 Å². The summed E-state index contributed by atoms with van der Waals surface area (Å²) >= 11 is 0. The van der Waals surface area contributed by atoms with Crippen molar-refractivity contribution in [3.63, 3.8) is 0 Å². The standard InChI is InChI=1S/C20H22N2O3S/c23-20(22-14-5-2-6-15-22)18-9-11-19(12-10-18)21-26(24,25)16-13-17-7-3-1-4-8-17/h1,3-4,7-13,16,21H,2,5-6,14-15H2/b16-13+. The monoisotopic (exact) mass is 370 g/mol. The normalized spacial score (nSPS) is 15.2. The molecule has 1 N–H and O–H groups in total. The van der Waals surface area contributed by atoms with Crippen LogP contribution in [0.25, 0.3) is 6.08 Å². The first-order valence-corrected chi connectivity index (χ1v) is 10.2. The van der Waals surface area contributed by atoms with Crippen molar-refractivity contribution in [3.05, 3.63) is 71.1 Å². The second-order valence-electron chi connectivity index (χ2n) is 6.29. The van der Waals surface area contributed by atoms with E-state index in [0.717, 1.165) is 36.9 Å². The Morgan fingerprint density at radius 3 is 2.23 bits per heavy atom. The number of carbonyl (C=O) groups is 1. The van der Waals surface area contributed by atoms with Gasteiger partial charge in [0.25, 0.3) is 15.9 Å². The number of piperidine rings is 1. The number of anilines is 1. The van der Waals surface area contributed by atoms with Crippen LogP contribution in [0, 0.1) is 0 Å². The maximum Gasteiger partial charge on any atom is 0.255 e. The highest BCUT2D eigenvalue weighted by Gasteiger charge is 2.18. The predicted molar refractivity (Wildman–Crippen MR) is 104 cm³/mol. The van der Waals surface area contributed by atoms with Gasteiger partial charge in [-0.3, -0.25) is 9.52 Å². The molecule has 0 aliphatic carbocycles. The van der Waals surface area contributed by atoms with Crippen molar-refractivity contribution in [1.82, 2.24) is 4.90 Å². The Kier molecular flexibility index (Phi) is 5.73. The van der Waals surface area contributed by atoms with Gasteiger partial charge in [0.2, 0.25) is 0 Å². The first-order valence-electron chi connectivity index (χ1n) is 8.69. The molecule has 3 rings (SSSR count). The van der Waals surface area contributed by atoms with Gasteiger partial charge in [-0.05, 0) is 55.2 Å². The van der Waals surface area contributed by atoms with E-state index in [-0.39, 0.29) is 5.91 Å². The van der Waals surface area contributed by atoms with Crippen LogP contribution in [-0.4, -0.2) is 32.3 Å². The van der Waals surface area contributed by atoms with Crippen molar-refractivity contribution in [2.24, 2.45) is 0 Å². The van der Waals surface area contributed by atoms with Crippen molar-refractivity contribution in [3.8, 4) is 0 Å². The van der Waals surface area contributed by atoms with Crippen molar-refractivity contribution < 1.29 is 13.2 Å². The fraction of sp³-hybridized carbons (Fsp3) is 0.250. The number of amides is 1. The highest BCUT2D eigenvalue weighted by Crippen LogP contribution is 2.16. The summed E-state index contributed by atoms with van der Waals surface area (Å²) in [6.07, 6.45) is 4.78. The molecule has 136 valence electrons. The lowest BCUT2D eigenvalue weighted by Crippen LogP contribution is -2.35. The molecule has 1 heterocycles. The Morgan fingerprint density at radius 1 is 0.923 bits per heavy atom. The van der Waals surface area contributed by atoms with Gasteiger partial charge < -0.3 is 4.90 Å². The van der Waals surface area contributed by atoms with E-state index in [1.807, 2.05) is 35.2 Å². The largest absolute Gasteiger partial charge is 0.339 e. The smallest absolute Gasteiger partial charge is 0.255 e. The molecule has 0 spiro atoms. The molecule has 0 radical (unpaired) electrons. The zero-order chi connectivity index (χ0) is 18.4. The van der Waals surface area contributed by atoms with E-state index in [2.05, 4.69) is 4.72 Å². The highest BCUT2D eigenvalue weighted by atomic mass is 32.2. The third-order valence-electron chi connectivity index (χ3n) is 4.27. The summed E-state index contributed by atoms with van der Waals surface area (Å²) in [5.74, 6) is 0.00285. The summed E-state index contributed by atoms with van der Waals surface area (Å²) in [5.41, 5.74) is 1.81. The Balaban J connectivity index is 1.64. The van der Waals surface area contributed by atoms with Gasteiger partial charge in [0.15, 0.2) is 0 Å². The molecule has 1 aliphatic heterocycles. The summed E-state index contributed by atoms with van der Waals surface area (Å²) in [6, 6.07) is 15.8. The van der Waals surface area contributed by atoms with E-state index < -0.39 is 10.0 Å². The lowest BCUT2D eigenvalue weighted by atomic mass is 10.1. The van der Waals surface area contributed by atoms with E-state index >= 15 is 0 Å². The molecule has 1 fully saturated rings. The first-order chi connectivity index (χ1) is 12.5. The number of rotatable bonds is 5. The summed E-state index contributed by atoms with van der Waals surface area (Å²) in [5, 5.41) is 1.13. The molecule has 1 amide bonds. The van der Waals surface area contributed by atoms with Crippen molar-refractivity contribution >= 4 is 27.7 Å². The molecule has 0 saturated carbocycles. The average molecular weight is 370 g/mol. The molecule has 0 aromatic heterocycles. The van der Waals surface area contributed by atoms with E-state index in [1.54, 1.807) is 24.3 Å². The van der Waals surface area contributed by atoms with Gasteiger partial charge >= 0.3 is 0 Å². The number of carbonyl (C=O) groups excluding carboxylic acids is 1. The van der Waals surface area contributed by atoms with Crippen LogP contribution < -0.4 is 4.72 Å². The van der Waals surface area contributed by atoms with Gasteiger partial charge in [0.1, 0.15) is 0 Å². The SMILES string of the molecule is O=C(c1ccc(NS(=O)(=O)/C=C/c2ccccc2)cc1)N1CCCCC1. The highest BCUT2D eigenvalue weighted by molar-refractivity contribution is 7.95. The van der Waals surface area contributed by atoms with Crippen molar-refractivity contribution in [1.29, 1.82) is 0 Å². The summed E-state index contributed by atoms with van der Waals surface area (Å²) in [4.78, 5) is 14.3. The molecule has 0 bridgehead atoms. The van der Waals surface area contributed by atoms with E-state index in [9.17, 15) is 13.2 Å². The maximum atomic E-state index is 12.4. The molecule has 26 heavy (non-hydrogen) atoms. The second-order valence-corrected chi connectivity index (χ2v) is 7.86. The zero-order valence-electron chi connectivity index (χ0n) is 14.5. The first kappa shape index (κ1) is 18.2. The number of hydrogen-bond donors (Lipinski definition) is 1. The molecule has 2 aromatic rings. The average Bonchev–Trinajstić information content (AvgIpc) is 2.68. The quantitative estimate of drug-likeness (QED) is 0.872. The van der Waals surface area contributed by atoms with E-state index in [1.165, 1.54) is 12.5 Å². The fourth-order valence-corrected chi connectivity index (χ4v) is 3.76. The third-order valence-corrected chi connectivity index (χ3v) is 5.29. The third kappa shape index (κ3) is 4.95. The van der Waals surface area contributed by atoms with Gasteiger partial charge in [-0.1, -0.05) is 30.3 Å². The minimum absolute atomic E-state index is 0.00285. The number of nitrogens with zero attached hydrogens (tertiary/aromatic N) is 1. The number of nitrogens with one attached hydrogen (secondary N) is 1. The van der Waals surface area contributed by atoms with Crippen LogP contribution in [0.2, 0.25) is 0 Å². The van der Waals surface area contributed by atoms with Crippen LogP contribution in [0.15, 0.2) is 60.0 Å². The van der Waals surface area contributed by atoms with Crippen LogP contribution in [0.1, 0.15) is 35.2 Å².